The minimum absolute atomic E-state index is 0.0323. The summed E-state index contributed by atoms with van der Waals surface area (Å²) in [5, 5.41) is 14.2. The van der Waals surface area contributed by atoms with E-state index < -0.39 is 0 Å². The Morgan fingerprint density at radius 3 is 2.33 bits per heavy atom. The first-order chi connectivity index (χ1) is 17.6. The second kappa shape index (κ2) is 10.1. The number of aryl methyl sites for hydroxylation is 2. The van der Waals surface area contributed by atoms with Gasteiger partial charge in [0.1, 0.15) is 6.04 Å². The average Bonchev–Trinajstić information content (AvgIpc) is 3.58. The maximum absolute atomic E-state index is 13.6. The number of pyridine rings is 1. The first kappa shape index (κ1) is 23.8. The number of rotatable bonds is 5. The van der Waals surface area contributed by atoms with Gasteiger partial charge in [0, 0.05) is 37.8 Å². The van der Waals surface area contributed by atoms with E-state index in [1.165, 1.54) is 50.5 Å². The molecule has 0 spiro atoms. The fraction of sp³-hybridized carbons (Fsp3) is 0.643. The van der Waals surface area contributed by atoms with Gasteiger partial charge in [-0.05, 0) is 73.0 Å². The lowest BCUT2D eigenvalue weighted by Crippen LogP contribution is -2.52. The molecule has 1 aromatic carbocycles. The molecule has 8 nitrogen and oxygen atoms in total. The van der Waals surface area contributed by atoms with Crippen LogP contribution in [0.5, 0.6) is 0 Å². The second-order valence-electron chi connectivity index (χ2n) is 11.3. The molecule has 0 radical (unpaired) electrons. The van der Waals surface area contributed by atoms with E-state index >= 15 is 0 Å². The lowest BCUT2D eigenvalue weighted by Gasteiger charge is -2.43. The van der Waals surface area contributed by atoms with Crippen LogP contribution in [0.3, 0.4) is 0 Å². The molecule has 0 amide bonds. The van der Waals surface area contributed by atoms with E-state index in [-0.39, 0.29) is 11.6 Å². The number of nitrogens with zero attached hydrogens (tertiary/aromatic N) is 6. The minimum atomic E-state index is -0.247. The molecule has 3 fully saturated rings. The normalized spacial score (nSPS) is 21.9. The summed E-state index contributed by atoms with van der Waals surface area (Å²) in [5.74, 6) is 0.822. The molecule has 8 heteroatoms. The zero-order chi connectivity index (χ0) is 24.6. The highest BCUT2D eigenvalue weighted by atomic mass is 16.1. The van der Waals surface area contributed by atoms with E-state index in [4.69, 9.17) is 0 Å². The maximum Gasteiger partial charge on any atom is 0.253 e. The predicted molar refractivity (Wildman–Crippen MR) is 141 cm³/mol. The average molecular weight is 490 g/mol. The maximum atomic E-state index is 13.6. The molecule has 1 aliphatic heterocycles. The quantitative estimate of drug-likeness (QED) is 0.576. The van der Waals surface area contributed by atoms with Crippen molar-refractivity contribution < 1.29 is 0 Å². The summed E-state index contributed by atoms with van der Waals surface area (Å²) in [6.45, 7) is 8.09. The molecule has 6 rings (SSSR count). The van der Waals surface area contributed by atoms with E-state index in [1.807, 2.05) is 4.68 Å². The Kier molecular flexibility index (Phi) is 6.65. The lowest BCUT2D eigenvalue weighted by molar-refractivity contribution is 0.0613. The van der Waals surface area contributed by atoms with Crippen LogP contribution in [0, 0.1) is 13.8 Å². The van der Waals surface area contributed by atoms with Gasteiger partial charge in [0.05, 0.1) is 11.6 Å². The summed E-state index contributed by atoms with van der Waals surface area (Å²) >= 11 is 0. The molecule has 2 saturated carbocycles. The first-order valence-electron chi connectivity index (χ1n) is 14.0. The molecule has 0 unspecified atom stereocenters. The smallest absolute Gasteiger partial charge is 0.253 e. The summed E-state index contributed by atoms with van der Waals surface area (Å²) in [6.07, 6.45) is 11.4. The molecule has 1 atom stereocenters. The highest BCUT2D eigenvalue weighted by molar-refractivity contribution is 5.83. The lowest BCUT2D eigenvalue weighted by atomic mass is 9.93. The number of H-pyrrole nitrogens is 1. The van der Waals surface area contributed by atoms with Gasteiger partial charge in [-0.3, -0.25) is 14.6 Å². The van der Waals surface area contributed by atoms with Gasteiger partial charge in [0.2, 0.25) is 0 Å². The molecular formula is C28H39N7O. The number of nitrogens with one attached hydrogen (secondary N) is 1. The van der Waals surface area contributed by atoms with Crippen LogP contribution in [-0.2, 0) is 0 Å². The number of piperazine rings is 1. The zero-order valence-electron chi connectivity index (χ0n) is 21.7. The summed E-state index contributed by atoms with van der Waals surface area (Å²) in [5.41, 5.74) is 3.95. The Balaban J connectivity index is 1.38. The number of hydrogen-bond acceptors (Lipinski definition) is 6. The van der Waals surface area contributed by atoms with Crippen LogP contribution >= 0.6 is 0 Å². The van der Waals surface area contributed by atoms with Gasteiger partial charge in [-0.15, -0.1) is 5.10 Å². The molecule has 3 aliphatic rings. The Bertz CT molecular complexity index is 1260. The number of fused-ring (bicyclic) bond motifs is 1. The van der Waals surface area contributed by atoms with Crippen molar-refractivity contribution in [1.29, 1.82) is 0 Å². The minimum Gasteiger partial charge on any atom is -0.321 e. The van der Waals surface area contributed by atoms with Gasteiger partial charge in [-0.1, -0.05) is 43.7 Å². The summed E-state index contributed by atoms with van der Waals surface area (Å²) in [6, 6.07) is 7.19. The standard InChI is InChI=1S/C28H39N7O/c1-19-16-20(2)25-21(17-19)18-24(28(36)29-25)26(27-30-31-32-35(27)23-10-6-7-11-23)34-14-12-33(13-15-34)22-8-4-3-5-9-22/h16-18,22-23,26H,3-15H2,1-2H3,(H,29,36)/t26-/m1/s1. The van der Waals surface area contributed by atoms with Crippen molar-refractivity contribution in [2.75, 3.05) is 26.2 Å². The van der Waals surface area contributed by atoms with Crippen molar-refractivity contribution in [2.45, 2.75) is 89.8 Å². The molecular weight excluding hydrogens is 450 g/mol. The molecule has 2 aliphatic carbocycles. The van der Waals surface area contributed by atoms with Gasteiger partial charge >= 0.3 is 0 Å². The van der Waals surface area contributed by atoms with Gasteiger partial charge in [-0.2, -0.15) is 0 Å². The second-order valence-corrected chi connectivity index (χ2v) is 11.3. The monoisotopic (exact) mass is 489 g/mol. The van der Waals surface area contributed by atoms with E-state index in [9.17, 15) is 4.79 Å². The number of tetrazole rings is 1. The molecule has 1 saturated heterocycles. The third-order valence-electron chi connectivity index (χ3n) is 8.86. The highest BCUT2D eigenvalue weighted by Crippen LogP contribution is 2.35. The van der Waals surface area contributed by atoms with Crippen LogP contribution in [0.25, 0.3) is 10.9 Å². The summed E-state index contributed by atoms with van der Waals surface area (Å²) < 4.78 is 2.04. The van der Waals surface area contributed by atoms with Crippen LogP contribution in [0.1, 0.15) is 92.4 Å². The van der Waals surface area contributed by atoms with Crippen molar-refractivity contribution >= 4 is 10.9 Å². The predicted octanol–water partition coefficient (Wildman–Crippen LogP) is 4.29. The van der Waals surface area contributed by atoms with Gasteiger partial charge in [0.25, 0.3) is 5.56 Å². The molecule has 2 aromatic heterocycles. The fourth-order valence-corrected chi connectivity index (χ4v) is 7.00. The molecule has 192 valence electrons. The van der Waals surface area contributed by atoms with Crippen molar-refractivity contribution in [2.24, 2.45) is 0 Å². The topological polar surface area (TPSA) is 82.9 Å². The molecule has 36 heavy (non-hydrogen) atoms. The largest absolute Gasteiger partial charge is 0.321 e. The first-order valence-corrected chi connectivity index (χ1v) is 14.0. The van der Waals surface area contributed by atoms with Crippen LogP contribution in [0.15, 0.2) is 23.0 Å². The van der Waals surface area contributed by atoms with Crippen molar-refractivity contribution in [3.05, 3.63) is 51.1 Å². The Morgan fingerprint density at radius 1 is 0.889 bits per heavy atom. The van der Waals surface area contributed by atoms with Crippen LogP contribution in [0.2, 0.25) is 0 Å². The van der Waals surface area contributed by atoms with Crippen molar-refractivity contribution in [3.8, 4) is 0 Å². The SMILES string of the molecule is Cc1cc(C)c2[nH]c(=O)c([C@H](c3nnnn3C3CCCC3)N3CCN(C4CCCCC4)CC3)cc2c1. The van der Waals surface area contributed by atoms with Crippen LogP contribution in [-0.4, -0.2) is 67.2 Å². The fourth-order valence-electron chi connectivity index (χ4n) is 7.00. The van der Waals surface area contributed by atoms with Gasteiger partial charge in [0.15, 0.2) is 5.82 Å². The Morgan fingerprint density at radius 2 is 1.58 bits per heavy atom. The number of aromatic amines is 1. The number of hydrogen-bond donors (Lipinski definition) is 1. The number of aromatic nitrogens is 5. The third-order valence-corrected chi connectivity index (χ3v) is 8.86. The zero-order valence-corrected chi connectivity index (χ0v) is 21.7. The summed E-state index contributed by atoms with van der Waals surface area (Å²) in [4.78, 5) is 22.0. The van der Waals surface area contributed by atoms with Crippen molar-refractivity contribution in [1.82, 2.24) is 35.0 Å². The van der Waals surface area contributed by atoms with Crippen molar-refractivity contribution in [3.63, 3.8) is 0 Å². The van der Waals surface area contributed by atoms with E-state index in [1.54, 1.807) is 0 Å². The van der Waals surface area contributed by atoms with Gasteiger partial charge in [-0.25, -0.2) is 4.68 Å². The van der Waals surface area contributed by atoms with E-state index in [0.29, 0.717) is 6.04 Å². The highest BCUT2D eigenvalue weighted by Gasteiger charge is 2.36. The Hall–Kier alpha value is -2.58. The number of benzene rings is 1. The summed E-state index contributed by atoms with van der Waals surface area (Å²) in [7, 11) is 0. The Labute approximate surface area is 213 Å². The van der Waals surface area contributed by atoms with Crippen LogP contribution < -0.4 is 5.56 Å². The van der Waals surface area contributed by atoms with Gasteiger partial charge < -0.3 is 4.98 Å². The van der Waals surface area contributed by atoms with E-state index in [2.05, 4.69) is 62.4 Å². The van der Waals surface area contributed by atoms with E-state index in [0.717, 1.165) is 72.9 Å². The molecule has 1 N–H and O–H groups in total. The van der Waals surface area contributed by atoms with Crippen LogP contribution in [0.4, 0.5) is 0 Å². The molecule has 3 aromatic rings. The molecule has 3 heterocycles. The molecule has 0 bridgehead atoms. The third kappa shape index (κ3) is 4.50.